The number of phosphoric ester groups is 1. The SMILES string of the molecule is CCCCCCCCCCCCCCC(=O)OC(COC(=O)CCCCCCC)COP(=O)(O)OCCN. The molecule has 38 heavy (non-hydrogen) atoms. The zero-order valence-electron chi connectivity index (χ0n) is 24.2. The van der Waals surface area contributed by atoms with E-state index < -0.39 is 32.5 Å². The minimum Gasteiger partial charge on any atom is -0.462 e. The number of nitrogens with two attached hydrogens (primary N) is 1. The Hall–Kier alpha value is -0.990. The molecular weight excluding hydrogens is 509 g/mol. The molecule has 0 bridgehead atoms. The summed E-state index contributed by atoms with van der Waals surface area (Å²) in [6.07, 6.45) is 18.9. The molecule has 0 aliphatic carbocycles. The molecule has 0 aromatic carbocycles. The molecule has 3 N–H and O–H groups in total. The first-order valence-electron chi connectivity index (χ1n) is 15.0. The largest absolute Gasteiger partial charge is 0.472 e. The molecule has 0 radical (unpaired) electrons. The summed E-state index contributed by atoms with van der Waals surface area (Å²) in [6, 6.07) is 0. The summed E-state index contributed by atoms with van der Waals surface area (Å²) in [5, 5.41) is 0. The lowest BCUT2D eigenvalue weighted by Gasteiger charge is -2.19. The third-order valence-electron chi connectivity index (χ3n) is 6.24. The van der Waals surface area contributed by atoms with Gasteiger partial charge in [-0.1, -0.05) is 110 Å². The smallest absolute Gasteiger partial charge is 0.462 e. The van der Waals surface area contributed by atoms with Gasteiger partial charge in [-0.3, -0.25) is 18.6 Å². The topological polar surface area (TPSA) is 134 Å². The Morgan fingerprint density at radius 3 is 1.61 bits per heavy atom. The Morgan fingerprint density at radius 1 is 0.684 bits per heavy atom. The minimum atomic E-state index is -4.34. The van der Waals surface area contributed by atoms with Crippen LogP contribution in [0.3, 0.4) is 0 Å². The monoisotopic (exact) mass is 565 g/mol. The third kappa shape index (κ3) is 25.3. The molecule has 0 aromatic rings. The van der Waals surface area contributed by atoms with Crippen molar-refractivity contribution in [3.05, 3.63) is 0 Å². The van der Waals surface area contributed by atoms with Crippen molar-refractivity contribution in [3.63, 3.8) is 0 Å². The van der Waals surface area contributed by atoms with Gasteiger partial charge in [0, 0.05) is 19.4 Å². The highest BCUT2D eigenvalue weighted by molar-refractivity contribution is 7.47. The average molecular weight is 566 g/mol. The highest BCUT2D eigenvalue weighted by atomic mass is 31.2. The highest BCUT2D eigenvalue weighted by Gasteiger charge is 2.25. The first kappa shape index (κ1) is 37.0. The van der Waals surface area contributed by atoms with Crippen molar-refractivity contribution in [3.8, 4) is 0 Å². The van der Waals surface area contributed by atoms with Gasteiger partial charge in [0.05, 0.1) is 13.2 Å². The number of hydrogen-bond acceptors (Lipinski definition) is 8. The quantitative estimate of drug-likeness (QED) is 0.0585. The lowest BCUT2D eigenvalue weighted by molar-refractivity contribution is -0.161. The molecular formula is C28H56NO8P. The Balaban J connectivity index is 4.27. The summed E-state index contributed by atoms with van der Waals surface area (Å²) < 4.78 is 32.2. The van der Waals surface area contributed by atoms with Crippen LogP contribution in [0.4, 0.5) is 0 Å². The predicted octanol–water partition coefficient (Wildman–Crippen LogP) is 6.99. The van der Waals surface area contributed by atoms with E-state index in [2.05, 4.69) is 13.8 Å². The fourth-order valence-corrected chi connectivity index (χ4v) is 4.75. The second kappa shape index (κ2) is 26.2. The van der Waals surface area contributed by atoms with Crippen LogP contribution in [0.25, 0.3) is 0 Å². The fraction of sp³-hybridized carbons (Fsp3) is 0.929. The van der Waals surface area contributed by atoms with E-state index in [4.69, 9.17) is 24.3 Å². The Kier molecular flexibility index (Phi) is 25.6. The van der Waals surface area contributed by atoms with Gasteiger partial charge in [-0.15, -0.1) is 0 Å². The van der Waals surface area contributed by atoms with Crippen molar-refractivity contribution in [1.82, 2.24) is 0 Å². The summed E-state index contributed by atoms with van der Waals surface area (Å²) in [5.41, 5.74) is 5.28. The van der Waals surface area contributed by atoms with Crippen LogP contribution in [0.5, 0.6) is 0 Å². The van der Waals surface area contributed by atoms with Crippen LogP contribution < -0.4 is 5.73 Å². The maximum Gasteiger partial charge on any atom is 0.472 e. The number of unbranched alkanes of at least 4 members (excludes halogenated alkanes) is 15. The Bertz CT molecular complexity index is 620. The summed E-state index contributed by atoms with van der Waals surface area (Å²) in [5.74, 6) is -0.841. The van der Waals surface area contributed by atoms with Crippen molar-refractivity contribution in [2.24, 2.45) is 5.73 Å². The molecule has 0 fully saturated rings. The molecule has 2 unspecified atom stereocenters. The summed E-state index contributed by atoms with van der Waals surface area (Å²) in [4.78, 5) is 34.1. The fourth-order valence-electron chi connectivity index (χ4n) is 3.98. The van der Waals surface area contributed by atoms with E-state index in [0.29, 0.717) is 6.42 Å². The van der Waals surface area contributed by atoms with Gasteiger partial charge in [0.15, 0.2) is 6.10 Å². The molecule has 9 nitrogen and oxygen atoms in total. The van der Waals surface area contributed by atoms with Gasteiger partial charge in [0.1, 0.15) is 6.61 Å². The highest BCUT2D eigenvalue weighted by Crippen LogP contribution is 2.43. The zero-order valence-corrected chi connectivity index (χ0v) is 25.1. The molecule has 0 amide bonds. The molecule has 0 rings (SSSR count). The van der Waals surface area contributed by atoms with Gasteiger partial charge in [-0.2, -0.15) is 0 Å². The van der Waals surface area contributed by atoms with E-state index in [1.807, 2.05) is 0 Å². The van der Waals surface area contributed by atoms with Crippen LogP contribution in [0.2, 0.25) is 0 Å². The van der Waals surface area contributed by atoms with E-state index in [1.165, 1.54) is 57.8 Å². The molecule has 0 aromatic heterocycles. The van der Waals surface area contributed by atoms with Crippen molar-refractivity contribution < 1.29 is 37.6 Å². The number of rotatable bonds is 28. The summed E-state index contributed by atoms with van der Waals surface area (Å²) >= 11 is 0. The standard InChI is InChI=1S/C28H56NO8P/c1-3-5-7-9-10-11-12-13-14-15-17-19-21-28(31)37-26(25-36-38(32,33)35-23-22-29)24-34-27(30)20-18-16-8-6-4-2/h26H,3-25,29H2,1-2H3,(H,32,33). The number of ether oxygens (including phenoxy) is 2. The lowest BCUT2D eigenvalue weighted by Crippen LogP contribution is -2.29. The second-order valence-corrected chi connectivity index (χ2v) is 11.4. The molecule has 0 saturated carbocycles. The van der Waals surface area contributed by atoms with Crippen LogP contribution >= 0.6 is 7.82 Å². The van der Waals surface area contributed by atoms with Gasteiger partial charge in [0.25, 0.3) is 0 Å². The summed E-state index contributed by atoms with van der Waals surface area (Å²) in [6.45, 7) is 3.60. The van der Waals surface area contributed by atoms with E-state index in [-0.39, 0.29) is 32.6 Å². The molecule has 0 spiro atoms. The lowest BCUT2D eigenvalue weighted by atomic mass is 10.0. The number of phosphoric acid groups is 1. The second-order valence-electron chi connectivity index (χ2n) is 9.98. The molecule has 10 heteroatoms. The number of esters is 2. The molecule has 0 saturated heterocycles. The maximum atomic E-state index is 12.4. The van der Waals surface area contributed by atoms with Crippen LogP contribution in [0.1, 0.15) is 136 Å². The van der Waals surface area contributed by atoms with Crippen molar-refractivity contribution in [2.45, 2.75) is 142 Å². The van der Waals surface area contributed by atoms with Crippen molar-refractivity contribution in [2.75, 3.05) is 26.4 Å². The van der Waals surface area contributed by atoms with E-state index in [0.717, 1.165) is 44.9 Å². The first-order valence-corrected chi connectivity index (χ1v) is 16.5. The average Bonchev–Trinajstić information content (AvgIpc) is 2.89. The zero-order chi connectivity index (χ0) is 28.3. The predicted molar refractivity (Wildman–Crippen MR) is 151 cm³/mol. The molecule has 226 valence electrons. The molecule has 0 heterocycles. The van der Waals surface area contributed by atoms with Gasteiger partial charge >= 0.3 is 19.8 Å². The van der Waals surface area contributed by atoms with E-state index >= 15 is 0 Å². The molecule has 0 aliphatic heterocycles. The maximum absolute atomic E-state index is 12.4. The first-order chi connectivity index (χ1) is 18.3. The minimum absolute atomic E-state index is 0.0568. The van der Waals surface area contributed by atoms with E-state index in [9.17, 15) is 19.0 Å². The van der Waals surface area contributed by atoms with Crippen LogP contribution in [0, 0.1) is 0 Å². The van der Waals surface area contributed by atoms with Gasteiger partial charge < -0.3 is 20.1 Å². The normalized spacial score (nSPS) is 13.7. The molecule has 2 atom stereocenters. The van der Waals surface area contributed by atoms with Crippen molar-refractivity contribution in [1.29, 1.82) is 0 Å². The van der Waals surface area contributed by atoms with Gasteiger partial charge in [-0.05, 0) is 12.8 Å². The number of hydrogen-bond donors (Lipinski definition) is 2. The summed E-state index contributed by atoms with van der Waals surface area (Å²) in [7, 11) is -4.34. The molecule has 0 aliphatic rings. The van der Waals surface area contributed by atoms with Gasteiger partial charge in [-0.25, -0.2) is 4.57 Å². The van der Waals surface area contributed by atoms with Gasteiger partial charge in [0.2, 0.25) is 0 Å². The van der Waals surface area contributed by atoms with E-state index in [1.54, 1.807) is 0 Å². The number of carbonyl (C=O) groups excluding carboxylic acids is 2. The third-order valence-corrected chi connectivity index (χ3v) is 7.23. The number of carbonyl (C=O) groups is 2. The van der Waals surface area contributed by atoms with Crippen LogP contribution in [-0.4, -0.2) is 49.3 Å². The van der Waals surface area contributed by atoms with Crippen LogP contribution in [-0.2, 0) is 32.7 Å². The van der Waals surface area contributed by atoms with Crippen LogP contribution in [0.15, 0.2) is 0 Å². The Labute approximate surface area is 231 Å². The van der Waals surface area contributed by atoms with Crippen molar-refractivity contribution >= 4 is 19.8 Å². The Morgan fingerprint density at radius 2 is 1.13 bits per heavy atom.